The molecule has 1 atom stereocenters. The van der Waals surface area contributed by atoms with Gasteiger partial charge < -0.3 is 10.6 Å². The fraction of sp³-hybridized carbons (Fsp3) is 0.417. The summed E-state index contributed by atoms with van der Waals surface area (Å²) >= 11 is 1.33. The van der Waals surface area contributed by atoms with Crippen LogP contribution >= 0.6 is 11.8 Å². The van der Waals surface area contributed by atoms with Gasteiger partial charge in [-0.1, -0.05) is 6.07 Å². The predicted molar refractivity (Wildman–Crippen MR) is 69.3 cm³/mol. The largest absolute Gasteiger partial charge is 0.348 e. The molecular weight excluding hydrogens is 258 g/mol. The smallest absolute Gasteiger partial charge is 0.232 e. The van der Waals surface area contributed by atoms with Crippen molar-refractivity contribution in [2.75, 3.05) is 25.6 Å². The monoisotopic (exact) mass is 274 g/mol. The summed E-state index contributed by atoms with van der Waals surface area (Å²) in [7, 11) is 3.34. The summed E-state index contributed by atoms with van der Waals surface area (Å²) in [6.07, 6.45) is 0. The molecule has 1 amide bonds. The van der Waals surface area contributed by atoms with Gasteiger partial charge in [0.25, 0.3) is 0 Å². The molecule has 0 radical (unpaired) electrons. The minimum absolute atomic E-state index is 0.0215. The molecule has 0 saturated heterocycles. The van der Waals surface area contributed by atoms with Gasteiger partial charge in [0.05, 0.1) is 5.75 Å². The van der Waals surface area contributed by atoms with Crippen LogP contribution in [0.1, 0.15) is 11.6 Å². The molecule has 1 aromatic carbocycles. The van der Waals surface area contributed by atoms with Crippen molar-refractivity contribution in [2.45, 2.75) is 6.04 Å². The Kier molecular flexibility index (Phi) is 5.55. The third-order valence-electron chi connectivity index (χ3n) is 2.38. The van der Waals surface area contributed by atoms with E-state index in [0.29, 0.717) is 11.5 Å². The molecule has 1 aromatic rings. The maximum absolute atomic E-state index is 13.4. The average Bonchev–Trinajstić information content (AvgIpc) is 2.28. The summed E-state index contributed by atoms with van der Waals surface area (Å²) in [4.78, 5) is 12.8. The number of nitrogens with zero attached hydrogens (tertiary/aromatic N) is 1. The van der Waals surface area contributed by atoms with Crippen molar-refractivity contribution in [1.29, 1.82) is 0 Å². The molecule has 0 aromatic heterocycles. The Hall–Kier alpha value is -1.14. The molecule has 6 heteroatoms. The number of amides is 1. The zero-order valence-corrected chi connectivity index (χ0v) is 11.1. The first-order valence-corrected chi connectivity index (χ1v) is 6.55. The Morgan fingerprint density at radius 2 is 2.11 bits per heavy atom. The summed E-state index contributed by atoms with van der Waals surface area (Å²) in [5, 5.41) is 0. The van der Waals surface area contributed by atoms with Crippen molar-refractivity contribution >= 4 is 17.7 Å². The van der Waals surface area contributed by atoms with E-state index >= 15 is 0 Å². The molecule has 0 aliphatic carbocycles. The zero-order chi connectivity index (χ0) is 13.7. The van der Waals surface area contributed by atoms with Crippen LogP contribution in [0.25, 0.3) is 0 Å². The molecule has 0 aliphatic rings. The van der Waals surface area contributed by atoms with Crippen LogP contribution in [0, 0.1) is 11.6 Å². The molecule has 0 heterocycles. The lowest BCUT2D eigenvalue weighted by Crippen LogP contribution is -2.24. The molecule has 2 N–H and O–H groups in total. The maximum Gasteiger partial charge on any atom is 0.232 e. The summed E-state index contributed by atoms with van der Waals surface area (Å²) in [6.45, 7) is 0. The van der Waals surface area contributed by atoms with Crippen molar-refractivity contribution in [1.82, 2.24) is 4.90 Å². The number of hydrogen-bond acceptors (Lipinski definition) is 3. The molecule has 100 valence electrons. The van der Waals surface area contributed by atoms with E-state index < -0.39 is 17.7 Å². The van der Waals surface area contributed by atoms with E-state index in [0.717, 1.165) is 6.07 Å². The van der Waals surface area contributed by atoms with Crippen LogP contribution in [0.4, 0.5) is 8.78 Å². The average molecular weight is 274 g/mol. The first-order chi connectivity index (χ1) is 8.41. The van der Waals surface area contributed by atoms with E-state index in [1.54, 1.807) is 14.1 Å². The van der Waals surface area contributed by atoms with Gasteiger partial charge in [-0.3, -0.25) is 4.79 Å². The number of nitrogens with two attached hydrogens (primary N) is 1. The molecular formula is C12H16F2N2OS. The second kappa shape index (κ2) is 6.70. The second-order valence-electron chi connectivity index (χ2n) is 4.08. The van der Waals surface area contributed by atoms with E-state index in [4.69, 9.17) is 5.73 Å². The number of carbonyl (C=O) groups is 1. The summed E-state index contributed by atoms with van der Waals surface area (Å²) in [5.74, 6) is -0.598. The zero-order valence-electron chi connectivity index (χ0n) is 10.3. The van der Waals surface area contributed by atoms with E-state index in [1.165, 1.54) is 28.8 Å². The van der Waals surface area contributed by atoms with Gasteiger partial charge in [-0.2, -0.15) is 11.8 Å². The number of benzene rings is 1. The van der Waals surface area contributed by atoms with Gasteiger partial charge in [0.1, 0.15) is 11.6 Å². The van der Waals surface area contributed by atoms with Crippen LogP contribution < -0.4 is 5.73 Å². The summed E-state index contributed by atoms with van der Waals surface area (Å²) in [6, 6.07) is 2.77. The summed E-state index contributed by atoms with van der Waals surface area (Å²) in [5.41, 5.74) is 6.07. The van der Waals surface area contributed by atoms with Crippen molar-refractivity contribution in [3.05, 3.63) is 35.4 Å². The van der Waals surface area contributed by atoms with E-state index in [-0.39, 0.29) is 11.5 Å². The molecule has 1 unspecified atom stereocenters. The highest BCUT2D eigenvalue weighted by Crippen LogP contribution is 2.20. The van der Waals surface area contributed by atoms with Gasteiger partial charge in [0.15, 0.2) is 0 Å². The van der Waals surface area contributed by atoms with Crippen LogP contribution in [-0.4, -0.2) is 36.4 Å². The van der Waals surface area contributed by atoms with E-state index in [2.05, 4.69) is 0 Å². The second-order valence-corrected chi connectivity index (χ2v) is 5.11. The molecule has 1 rings (SSSR count). The molecule has 0 bridgehead atoms. The lowest BCUT2D eigenvalue weighted by molar-refractivity contribution is -0.125. The Labute approximate surface area is 109 Å². The highest BCUT2D eigenvalue weighted by Gasteiger charge is 2.13. The number of halogens is 2. The highest BCUT2D eigenvalue weighted by molar-refractivity contribution is 7.99. The number of thioether (sulfide) groups is 1. The number of hydrogen-bond donors (Lipinski definition) is 1. The minimum atomic E-state index is -0.651. The van der Waals surface area contributed by atoms with Crippen LogP contribution in [0.5, 0.6) is 0 Å². The highest BCUT2D eigenvalue weighted by atomic mass is 32.2. The predicted octanol–water partition coefficient (Wildman–Crippen LogP) is 1.79. The molecule has 0 saturated carbocycles. The lowest BCUT2D eigenvalue weighted by Gasteiger charge is -2.14. The van der Waals surface area contributed by atoms with E-state index in [9.17, 15) is 13.6 Å². The van der Waals surface area contributed by atoms with Gasteiger partial charge in [0.2, 0.25) is 5.91 Å². The lowest BCUT2D eigenvalue weighted by atomic mass is 10.1. The van der Waals surface area contributed by atoms with Crippen LogP contribution in [0.15, 0.2) is 18.2 Å². The molecule has 0 aliphatic heterocycles. The third kappa shape index (κ3) is 4.27. The van der Waals surface area contributed by atoms with Gasteiger partial charge in [-0.05, 0) is 6.07 Å². The maximum atomic E-state index is 13.4. The standard InChI is InChI=1S/C12H16F2N2OS/c1-16(2)12(17)7-18-6-11(15)9-4-3-8(13)5-10(9)14/h3-5,11H,6-7,15H2,1-2H3. The van der Waals surface area contributed by atoms with Crippen molar-refractivity contribution < 1.29 is 13.6 Å². The van der Waals surface area contributed by atoms with Gasteiger partial charge >= 0.3 is 0 Å². The first kappa shape index (κ1) is 14.9. The fourth-order valence-electron chi connectivity index (χ4n) is 1.29. The Bertz CT molecular complexity index is 427. The summed E-state index contributed by atoms with van der Waals surface area (Å²) < 4.78 is 26.1. The van der Waals surface area contributed by atoms with Crippen molar-refractivity contribution in [3.63, 3.8) is 0 Å². The van der Waals surface area contributed by atoms with Crippen molar-refractivity contribution in [3.8, 4) is 0 Å². The Morgan fingerprint density at radius 3 is 2.67 bits per heavy atom. The molecule has 0 spiro atoms. The fourth-order valence-corrected chi connectivity index (χ4v) is 2.28. The van der Waals surface area contributed by atoms with Gasteiger partial charge in [-0.25, -0.2) is 8.78 Å². The number of carbonyl (C=O) groups excluding carboxylic acids is 1. The minimum Gasteiger partial charge on any atom is -0.348 e. The Morgan fingerprint density at radius 1 is 1.44 bits per heavy atom. The van der Waals surface area contributed by atoms with Crippen molar-refractivity contribution in [2.24, 2.45) is 5.73 Å². The normalized spacial score (nSPS) is 12.3. The van der Waals surface area contributed by atoms with Crippen LogP contribution in [0.3, 0.4) is 0 Å². The van der Waals surface area contributed by atoms with Crippen LogP contribution in [-0.2, 0) is 4.79 Å². The third-order valence-corrected chi connectivity index (χ3v) is 3.43. The first-order valence-electron chi connectivity index (χ1n) is 5.40. The van der Waals surface area contributed by atoms with E-state index in [1.807, 2.05) is 0 Å². The van der Waals surface area contributed by atoms with Crippen LogP contribution in [0.2, 0.25) is 0 Å². The number of rotatable bonds is 5. The quantitative estimate of drug-likeness (QED) is 0.890. The molecule has 0 fully saturated rings. The SMILES string of the molecule is CN(C)C(=O)CSCC(N)c1ccc(F)cc1F. The molecule has 3 nitrogen and oxygen atoms in total. The van der Waals surface area contributed by atoms with Gasteiger partial charge in [0, 0.05) is 37.5 Å². The Balaban J connectivity index is 2.50. The van der Waals surface area contributed by atoms with Gasteiger partial charge in [-0.15, -0.1) is 0 Å². The topological polar surface area (TPSA) is 46.3 Å². The molecule has 18 heavy (non-hydrogen) atoms.